The Morgan fingerprint density at radius 3 is 2.57 bits per heavy atom. The van der Waals surface area contributed by atoms with E-state index in [1.807, 2.05) is 0 Å². The predicted molar refractivity (Wildman–Crippen MR) is 59.2 cm³/mol. The molecule has 3 nitrogen and oxygen atoms in total. The first-order chi connectivity index (χ1) is 6.90. The molecule has 2 bridgehead atoms. The minimum absolute atomic E-state index is 0.773. The molecule has 3 rings (SSSR count). The number of piperidine rings is 3. The Bertz CT molecular complexity index is 164. The zero-order valence-corrected chi connectivity index (χ0v) is 9.04. The second kappa shape index (κ2) is 5.10. The highest BCUT2D eigenvalue weighted by atomic mass is 15.2. The zero-order valence-electron chi connectivity index (χ0n) is 9.04. The molecular formula is C11H23N3. The molecule has 0 aromatic carbocycles. The lowest BCUT2D eigenvalue weighted by atomic mass is 9.84. The van der Waals surface area contributed by atoms with Crippen molar-refractivity contribution in [1.82, 2.24) is 10.2 Å². The number of hydrogen-bond acceptors (Lipinski definition) is 3. The standard InChI is InChI=1S/C11H23N3/c12-5-1-2-6-13-11-9-14-7-3-10(11)4-8-14/h10-11,13H,1-9,12H2. The molecule has 3 heterocycles. The molecule has 3 aliphatic heterocycles. The van der Waals surface area contributed by atoms with Gasteiger partial charge in [-0.1, -0.05) is 0 Å². The number of nitrogens with one attached hydrogen (secondary N) is 1. The van der Waals surface area contributed by atoms with E-state index in [9.17, 15) is 0 Å². The topological polar surface area (TPSA) is 41.3 Å². The summed E-state index contributed by atoms with van der Waals surface area (Å²) >= 11 is 0. The van der Waals surface area contributed by atoms with Gasteiger partial charge in [0.2, 0.25) is 0 Å². The Balaban J connectivity index is 1.66. The van der Waals surface area contributed by atoms with Crippen molar-refractivity contribution in [2.24, 2.45) is 11.7 Å². The van der Waals surface area contributed by atoms with Crippen molar-refractivity contribution in [1.29, 1.82) is 0 Å². The first-order valence-electron chi connectivity index (χ1n) is 6.06. The number of hydrogen-bond donors (Lipinski definition) is 2. The van der Waals surface area contributed by atoms with Gasteiger partial charge in [-0.25, -0.2) is 0 Å². The Hall–Kier alpha value is -0.120. The molecule has 82 valence electrons. The third-order valence-electron chi connectivity index (χ3n) is 3.69. The smallest absolute Gasteiger partial charge is 0.0224 e. The number of nitrogens with two attached hydrogens (primary N) is 1. The van der Waals surface area contributed by atoms with Crippen LogP contribution in [0.1, 0.15) is 25.7 Å². The van der Waals surface area contributed by atoms with Crippen LogP contribution < -0.4 is 11.1 Å². The van der Waals surface area contributed by atoms with Gasteiger partial charge >= 0.3 is 0 Å². The van der Waals surface area contributed by atoms with E-state index in [2.05, 4.69) is 10.2 Å². The van der Waals surface area contributed by atoms with E-state index in [-0.39, 0.29) is 0 Å². The van der Waals surface area contributed by atoms with Crippen LogP contribution in [0.3, 0.4) is 0 Å². The van der Waals surface area contributed by atoms with Crippen molar-refractivity contribution in [2.45, 2.75) is 31.7 Å². The van der Waals surface area contributed by atoms with E-state index in [1.54, 1.807) is 0 Å². The average Bonchev–Trinajstić information content (AvgIpc) is 2.26. The van der Waals surface area contributed by atoms with Crippen molar-refractivity contribution >= 4 is 0 Å². The second-order valence-corrected chi connectivity index (χ2v) is 4.69. The fraction of sp³-hybridized carbons (Fsp3) is 1.00. The lowest BCUT2D eigenvalue weighted by Gasteiger charge is -2.45. The van der Waals surface area contributed by atoms with Crippen molar-refractivity contribution in [2.75, 3.05) is 32.7 Å². The van der Waals surface area contributed by atoms with Crippen LogP contribution >= 0.6 is 0 Å². The first kappa shape index (κ1) is 10.4. The van der Waals surface area contributed by atoms with Gasteiger partial charge in [0.05, 0.1) is 0 Å². The molecule has 14 heavy (non-hydrogen) atoms. The summed E-state index contributed by atoms with van der Waals surface area (Å²) in [6, 6.07) is 0.773. The highest BCUT2D eigenvalue weighted by Gasteiger charge is 2.33. The maximum atomic E-state index is 5.47. The molecule has 1 atom stereocenters. The summed E-state index contributed by atoms with van der Waals surface area (Å²) in [5.41, 5.74) is 5.47. The second-order valence-electron chi connectivity index (χ2n) is 4.69. The number of fused-ring (bicyclic) bond motifs is 3. The van der Waals surface area contributed by atoms with Crippen LogP contribution in [0.15, 0.2) is 0 Å². The summed E-state index contributed by atoms with van der Waals surface area (Å²) in [6.45, 7) is 5.96. The van der Waals surface area contributed by atoms with Crippen molar-refractivity contribution < 1.29 is 0 Å². The lowest BCUT2D eigenvalue weighted by molar-refractivity contribution is 0.0728. The molecule has 3 saturated heterocycles. The highest BCUT2D eigenvalue weighted by Crippen LogP contribution is 2.27. The molecule has 0 radical (unpaired) electrons. The molecule has 3 aliphatic rings. The Morgan fingerprint density at radius 1 is 1.21 bits per heavy atom. The van der Waals surface area contributed by atoms with Gasteiger partial charge in [-0.3, -0.25) is 0 Å². The van der Waals surface area contributed by atoms with Gasteiger partial charge in [0.1, 0.15) is 0 Å². The third kappa shape index (κ3) is 2.47. The van der Waals surface area contributed by atoms with Gasteiger partial charge in [0.25, 0.3) is 0 Å². The summed E-state index contributed by atoms with van der Waals surface area (Å²) < 4.78 is 0. The molecule has 0 saturated carbocycles. The fourth-order valence-corrected chi connectivity index (χ4v) is 2.75. The molecule has 3 N–H and O–H groups in total. The average molecular weight is 197 g/mol. The van der Waals surface area contributed by atoms with Gasteiger partial charge in [0.15, 0.2) is 0 Å². The van der Waals surface area contributed by atoms with Crippen LogP contribution in [0.5, 0.6) is 0 Å². The van der Waals surface area contributed by atoms with E-state index >= 15 is 0 Å². The summed E-state index contributed by atoms with van der Waals surface area (Å²) in [7, 11) is 0. The SMILES string of the molecule is NCCCCNC1CN2CCC1CC2. The van der Waals surface area contributed by atoms with Crippen LogP contribution in [-0.2, 0) is 0 Å². The van der Waals surface area contributed by atoms with Crippen molar-refractivity contribution in [3.05, 3.63) is 0 Å². The van der Waals surface area contributed by atoms with E-state index < -0.39 is 0 Å². The summed E-state index contributed by atoms with van der Waals surface area (Å²) in [6.07, 6.45) is 5.22. The third-order valence-corrected chi connectivity index (χ3v) is 3.69. The lowest BCUT2D eigenvalue weighted by Crippen LogP contribution is -2.56. The molecule has 1 unspecified atom stereocenters. The fourth-order valence-electron chi connectivity index (χ4n) is 2.75. The van der Waals surface area contributed by atoms with Gasteiger partial charge < -0.3 is 16.0 Å². The molecule has 3 fully saturated rings. The van der Waals surface area contributed by atoms with Gasteiger partial charge in [-0.2, -0.15) is 0 Å². The van der Waals surface area contributed by atoms with Crippen LogP contribution in [0, 0.1) is 5.92 Å². The number of unbranched alkanes of at least 4 members (excludes halogenated alkanes) is 1. The van der Waals surface area contributed by atoms with Crippen LogP contribution in [0.25, 0.3) is 0 Å². The summed E-state index contributed by atoms with van der Waals surface area (Å²) in [5, 5.41) is 3.69. The summed E-state index contributed by atoms with van der Waals surface area (Å²) in [5.74, 6) is 0.956. The van der Waals surface area contributed by atoms with E-state index in [4.69, 9.17) is 5.73 Å². The normalized spacial score (nSPS) is 36.2. The summed E-state index contributed by atoms with van der Waals surface area (Å²) in [4.78, 5) is 2.60. The Labute approximate surface area is 87.0 Å². The van der Waals surface area contributed by atoms with Gasteiger partial charge in [0, 0.05) is 12.6 Å². The molecule has 3 heteroatoms. The van der Waals surface area contributed by atoms with Crippen LogP contribution in [0.4, 0.5) is 0 Å². The number of rotatable bonds is 5. The first-order valence-corrected chi connectivity index (χ1v) is 6.06. The van der Waals surface area contributed by atoms with E-state index in [0.29, 0.717) is 0 Å². The Kier molecular flexibility index (Phi) is 3.79. The zero-order chi connectivity index (χ0) is 9.80. The van der Waals surface area contributed by atoms with Crippen molar-refractivity contribution in [3.8, 4) is 0 Å². The quantitative estimate of drug-likeness (QED) is 0.627. The minimum Gasteiger partial charge on any atom is -0.330 e. The maximum Gasteiger partial charge on any atom is 0.0224 e. The van der Waals surface area contributed by atoms with Crippen LogP contribution in [0.2, 0.25) is 0 Å². The molecule has 0 aromatic rings. The van der Waals surface area contributed by atoms with Crippen LogP contribution in [-0.4, -0.2) is 43.7 Å². The molecule has 0 aromatic heterocycles. The Morgan fingerprint density at radius 2 is 2.00 bits per heavy atom. The molecule has 0 amide bonds. The monoisotopic (exact) mass is 197 g/mol. The van der Waals surface area contributed by atoms with Gasteiger partial charge in [-0.05, 0) is 57.8 Å². The minimum atomic E-state index is 0.773. The van der Waals surface area contributed by atoms with Gasteiger partial charge in [-0.15, -0.1) is 0 Å². The molecular weight excluding hydrogens is 174 g/mol. The van der Waals surface area contributed by atoms with E-state index in [0.717, 1.165) is 31.5 Å². The molecule has 0 aliphatic carbocycles. The maximum absolute atomic E-state index is 5.47. The number of nitrogens with zero attached hydrogens (tertiary/aromatic N) is 1. The molecule has 0 spiro atoms. The van der Waals surface area contributed by atoms with E-state index in [1.165, 1.54) is 38.9 Å². The van der Waals surface area contributed by atoms with Crippen molar-refractivity contribution in [3.63, 3.8) is 0 Å². The highest BCUT2D eigenvalue weighted by molar-refractivity contribution is 4.90. The predicted octanol–water partition coefficient (Wildman–Crippen LogP) is 0.409. The largest absolute Gasteiger partial charge is 0.330 e.